The van der Waals surface area contributed by atoms with Gasteiger partial charge in [-0.1, -0.05) is 13.3 Å². The van der Waals surface area contributed by atoms with Crippen molar-refractivity contribution in [3.05, 3.63) is 40.2 Å². The molecule has 2 N–H and O–H groups in total. The van der Waals surface area contributed by atoms with E-state index in [0.717, 1.165) is 23.4 Å². The lowest BCUT2D eigenvalue weighted by molar-refractivity contribution is -0.712. The molecule has 0 spiro atoms. The van der Waals surface area contributed by atoms with E-state index >= 15 is 0 Å². The highest BCUT2D eigenvalue weighted by molar-refractivity contribution is 5.81. The molecule has 4 nitrogen and oxygen atoms in total. The number of quaternary nitrogens is 1. The highest BCUT2D eigenvalue weighted by Gasteiger charge is 2.24. The van der Waals surface area contributed by atoms with Crippen LogP contribution in [-0.2, 0) is 6.54 Å². The van der Waals surface area contributed by atoms with Gasteiger partial charge >= 0.3 is 5.63 Å². The smallest absolute Gasteiger partial charge is 0.336 e. The standard InChI is InChI=1S/C18H23NO3/c1-12-5-3-4-6-16(12)19-11-13-9-18(20)22-17-10-14(21-2)7-8-15(13)17/h7-10,12,16,19H,3-6,11H2,1-2H3/p+1/t12-,16+/m1/s1. The molecule has 1 heterocycles. The van der Waals surface area contributed by atoms with E-state index in [1.54, 1.807) is 19.2 Å². The van der Waals surface area contributed by atoms with Crippen LogP contribution in [0.4, 0.5) is 0 Å². The molecule has 0 unspecified atom stereocenters. The minimum Gasteiger partial charge on any atom is -0.497 e. The van der Waals surface area contributed by atoms with E-state index in [0.29, 0.717) is 17.4 Å². The molecule has 1 fully saturated rings. The lowest BCUT2D eigenvalue weighted by Gasteiger charge is -2.26. The van der Waals surface area contributed by atoms with Crippen molar-refractivity contribution in [2.24, 2.45) is 5.92 Å². The Morgan fingerprint density at radius 1 is 1.27 bits per heavy atom. The third-order valence-electron chi connectivity index (χ3n) is 4.86. The zero-order valence-corrected chi connectivity index (χ0v) is 13.3. The fourth-order valence-electron chi connectivity index (χ4n) is 3.48. The first-order valence-electron chi connectivity index (χ1n) is 8.11. The average molecular weight is 302 g/mol. The molecule has 4 heteroatoms. The van der Waals surface area contributed by atoms with Crippen LogP contribution in [0.3, 0.4) is 0 Å². The summed E-state index contributed by atoms with van der Waals surface area (Å²) in [5.41, 5.74) is 1.36. The third kappa shape index (κ3) is 3.17. The van der Waals surface area contributed by atoms with E-state index in [4.69, 9.17) is 9.15 Å². The van der Waals surface area contributed by atoms with Gasteiger partial charge in [-0.05, 0) is 31.4 Å². The first-order valence-corrected chi connectivity index (χ1v) is 8.11. The highest BCUT2D eigenvalue weighted by Crippen LogP contribution is 2.23. The number of hydrogen-bond donors (Lipinski definition) is 1. The Balaban J connectivity index is 1.85. The minimum absolute atomic E-state index is 0.291. The maximum absolute atomic E-state index is 11.8. The van der Waals surface area contributed by atoms with E-state index in [2.05, 4.69) is 12.2 Å². The van der Waals surface area contributed by atoms with Crippen molar-refractivity contribution >= 4 is 11.0 Å². The summed E-state index contributed by atoms with van der Waals surface area (Å²) in [4.78, 5) is 11.8. The Labute approximate surface area is 130 Å². The van der Waals surface area contributed by atoms with Gasteiger partial charge in [0.25, 0.3) is 0 Å². The summed E-state index contributed by atoms with van der Waals surface area (Å²) < 4.78 is 10.5. The molecular weight excluding hydrogens is 278 g/mol. The summed E-state index contributed by atoms with van der Waals surface area (Å²) in [7, 11) is 1.61. The van der Waals surface area contributed by atoms with Gasteiger partial charge in [0, 0.05) is 29.0 Å². The lowest BCUT2D eigenvalue weighted by atomic mass is 9.86. The first-order chi connectivity index (χ1) is 10.7. The first kappa shape index (κ1) is 15.1. The molecule has 118 valence electrons. The van der Waals surface area contributed by atoms with Crippen molar-refractivity contribution in [1.29, 1.82) is 0 Å². The van der Waals surface area contributed by atoms with Crippen molar-refractivity contribution in [2.45, 2.75) is 45.2 Å². The third-order valence-corrected chi connectivity index (χ3v) is 4.86. The SMILES string of the molecule is COc1ccc2c(C[NH2+][C@H]3CCCC[C@H]3C)cc(=O)oc2c1. The van der Waals surface area contributed by atoms with Crippen LogP contribution in [0.25, 0.3) is 11.0 Å². The Morgan fingerprint density at radius 2 is 2.09 bits per heavy atom. The summed E-state index contributed by atoms with van der Waals surface area (Å²) in [5.74, 6) is 1.46. The summed E-state index contributed by atoms with van der Waals surface area (Å²) >= 11 is 0. The molecule has 0 aliphatic heterocycles. The van der Waals surface area contributed by atoms with Gasteiger partial charge in [-0.25, -0.2) is 4.79 Å². The van der Waals surface area contributed by atoms with Crippen LogP contribution in [0.15, 0.2) is 33.5 Å². The van der Waals surface area contributed by atoms with Crippen LogP contribution < -0.4 is 15.7 Å². The molecule has 1 aromatic carbocycles. The van der Waals surface area contributed by atoms with Crippen molar-refractivity contribution in [1.82, 2.24) is 0 Å². The second-order valence-corrected chi connectivity index (χ2v) is 6.32. The van der Waals surface area contributed by atoms with Crippen molar-refractivity contribution in [2.75, 3.05) is 7.11 Å². The second-order valence-electron chi connectivity index (χ2n) is 6.32. The number of hydrogen-bond acceptors (Lipinski definition) is 3. The molecule has 22 heavy (non-hydrogen) atoms. The molecular formula is C18H24NO3+. The van der Waals surface area contributed by atoms with E-state index < -0.39 is 0 Å². The second kappa shape index (κ2) is 6.53. The van der Waals surface area contributed by atoms with Gasteiger partial charge in [0.05, 0.1) is 13.2 Å². The molecule has 0 radical (unpaired) electrons. The van der Waals surface area contributed by atoms with Gasteiger partial charge in [-0.3, -0.25) is 0 Å². The zero-order valence-electron chi connectivity index (χ0n) is 13.3. The van der Waals surface area contributed by atoms with Gasteiger partial charge in [-0.2, -0.15) is 0 Å². The molecule has 1 aromatic heterocycles. The fourth-order valence-corrected chi connectivity index (χ4v) is 3.48. The van der Waals surface area contributed by atoms with Crippen LogP contribution in [0.5, 0.6) is 5.75 Å². The molecule has 1 saturated carbocycles. The molecule has 0 bridgehead atoms. The molecule has 0 saturated heterocycles. The molecule has 2 aromatic rings. The van der Waals surface area contributed by atoms with Crippen LogP contribution in [-0.4, -0.2) is 13.2 Å². The summed E-state index contributed by atoms with van der Waals surface area (Å²) in [6.45, 7) is 3.16. The van der Waals surface area contributed by atoms with Crippen LogP contribution in [0.1, 0.15) is 38.2 Å². The van der Waals surface area contributed by atoms with Gasteiger partial charge in [-0.15, -0.1) is 0 Å². The topological polar surface area (TPSA) is 56.0 Å². The molecule has 1 aliphatic rings. The molecule has 0 amide bonds. The van der Waals surface area contributed by atoms with E-state index in [1.165, 1.54) is 25.7 Å². The average Bonchev–Trinajstić information content (AvgIpc) is 2.53. The number of ether oxygens (including phenoxy) is 1. The minimum atomic E-state index is -0.291. The number of nitrogens with two attached hydrogens (primary N) is 1. The number of fused-ring (bicyclic) bond motifs is 1. The van der Waals surface area contributed by atoms with Gasteiger partial charge in [0.2, 0.25) is 0 Å². The summed E-state index contributed by atoms with van der Waals surface area (Å²) in [6.07, 6.45) is 5.26. The number of benzene rings is 1. The van der Waals surface area contributed by atoms with Crippen molar-refractivity contribution in [3.63, 3.8) is 0 Å². The number of rotatable bonds is 4. The maximum atomic E-state index is 11.8. The Kier molecular flexibility index (Phi) is 4.48. The molecule has 3 rings (SSSR count). The van der Waals surface area contributed by atoms with Crippen LogP contribution in [0.2, 0.25) is 0 Å². The maximum Gasteiger partial charge on any atom is 0.336 e. The lowest BCUT2D eigenvalue weighted by Crippen LogP contribution is -2.90. The predicted molar refractivity (Wildman–Crippen MR) is 86.1 cm³/mol. The Bertz CT molecular complexity index is 707. The Morgan fingerprint density at radius 3 is 2.86 bits per heavy atom. The van der Waals surface area contributed by atoms with Crippen molar-refractivity contribution in [3.8, 4) is 5.75 Å². The van der Waals surface area contributed by atoms with Gasteiger partial charge < -0.3 is 14.5 Å². The largest absolute Gasteiger partial charge is 0.497 e. The van der Waals surface area contributed by atoms with Crippen LogP contribution >= 0.6 is 0 Å². The van der Waals surface area contributed by atoms with Crippen LogP contribution in [0, 0.1) is 5.92 Å². The quantitative estimate of drug-likeness (QED) is 0.883. The molecule has 2 atom stereocenters. The Hall–Kier alpha value is -1.81. The summed E-state index contributed by atoms with van der Waals surface area (Å²) in [6, 6.07) is 7.95. The van der Waals surface area contributed by atoms with Gasteiger partial charge in [0.1, 0.15) is 17.9 Å². The van der Waals surface area contributed by atoms with Crippen molar-refractivity contribution < 1.29 is 14.5 Å². The van der Waals surface area contributed by atoms with E-state index in [-0.39, 0.29) is 5.63 Å². The monoisotopic (exact) mass is 302 g/mol. The number of methoxy groups -OCH3 is 1. The normalized spacial score (nSPS) is 21.9. The van der Waals surface area contributed by atoms with E-state index in [9.17, 15) is 4.79 Å². The highest BCUT2D eigenvalue weighted by atomic mass is 16.5. The summed E-state index contributed by atoms with van der Waals surface area (Å²) in [5, 5.41) is 3.39. The molecule has 1 aliphatic carbocycles. The zero-order chi connectivity index (χ0) is 15.5. The fraction of sp³-hybridized carbons (Fsp3) is 0.500. The van der Waals surface area contributed by atoms with E-state index in [1.807, 2.05) is 12.1 Å². The predicted octanol–water partition coefficient (Wildman–Crippen LogP) is 2.44. The van der Waals surface area contributed by atoms with Gasteiger partial charge in [0.15, 0.2) is 0 Å².